The number of rotatable bonds is 5. The van der Waals surface area contributed by atoms with E-state index >= 15 is 0 Å². The Bertz CT molecular complexity index is 886. The van der Waals surface area contributed by atoms with Crippen molar-refractivity contribution in [1.82, 2.24) is 0 Å². The molecule has 0 aromatic heterocycles. The molecule has 9 heteroatoms. The number of β-amino-alcohol motifs (C(OH)–C–C–N with tert-alkyl or cyclic N) is 1. The van der Waals surface area contributed by atoms with Gasteiger partial charge in [-0.15, -0.1) is 0 Å². The van der Waals surface area contributed by atoms with Crippen LogP contribution in [0.5, 0.6) is 0 Å². The largest absolute Gasteiger partial charge is 0.391 e. The molecule has 1 atom stereocenters. The second-order valence-electron chi connectivity index (χ2n) is 5.77. The number of aliphatic hydroxyl groups is 1. The molecule has 2 aromatic carbocycles. The average molecular weight is 363 g/mol. The number of para-hydroxylation sites is 1. The zero-order valence-electron chi connectivity index (χ0n) is 13.2. The van der Waals surface area contributed by atoms with Crippen molar-refractivity contribution < 1.29 is 18.4 Å². The van der Waals surface area contributed by atoms with Gasteiger partial charge in [-0.1, -0.05) is 18.2 Å². The van der Waals surface area contributed by atoms with Crippen LogP contribution in [0.3, 0.4) is 0 Å². The normalized spacial score (nSPS) is 17.5. The van der Waals surface area contributed by atoms with Gasteiger partial charge in [-0.25, -0.2) is 8.42 Å². The van der Waals surface area contributed by atoms with Gasteiger partial charge >= 0.3 is 0 Å². The minimum atomic E-state index is -3.94. The zero-order chi connectivity index (χ0) is 18.0. The van der Waals surface area contributed by atoms with Crippen LogP contribution in [0.4, 0.5) is 17.1 Å². The smallest absolute Gasteiger partial charge is 0.293 e. The lowest BCUT2D eigenvalue weighted by molar-refractivity contribution is -0.384. The van der Waals surface area contributed by atoms with E-state index in [9.17, 15) is 23.6 Å². The van der Waals surface area contributed by atoms with Gasteiger partial charge in [0, 0.05) is 24.8 Å². The second kappa shape index (κ2) is 6.69. The molecular weight excluding hydrogens is 346 g/mol. The molecule has 0 aliphatic carbocycles. The fourth-order valence-corrected chi connectivity index (χ4v) is 3.84. The van der Waals surface area contributed by atoms with Crippen molar-refractivity contribution >= 4 is 27.1 Å². The van der Waals surface area contributed by atoms with Gasteiger partial charge in [0.05, 0.1) is 15.9 Å². The van der Waals surface area contributed by atoms with Crippen LogP contribution in [-0.4, -0.2) is 37.6 Å². The highest BCUT2D eigenvalue weighted by atomic mass is 32.2. The van der Waals surface area contributed by atoms with Crippen molar-refractivity contribution in [2.24, 2.45) is 0 Å². The molecule has 132 valence electrons. The van der Waals surface area contributed by atoms with E-state index in [0.717, 1.165) is 6.07 Å². The number of aliphatic hydroxyl groups excluding tert-OH is 1. The lowest BCUT2D eigenvalue weighted by Gasteiger charge is -2.18. The van der Waals surface area contributed by atoms with E-state index in [0.29, 0.717) is 24.3 Å². The minimum absolute atomic E-state index is 0.188. The van der Waals surface area contributed by atoms with Crippen molar-refractivity contribution in [3.8, 4) is 0 Å². The van der Waals surface area contributed by atoms with E-state index < -0.39 is 21.1 Å². The van der Waals surface area contributed by atoms with Gasteiger partial charge in [-0.2, -0.15) is 0 Å². The third kappa shape index (κ3) is 3.72. The van der Waals surface area contributed by atoms with Gasteiger partial charge in [-0.05, 0) is 30.7 Å². The zero-order valence-corrected chi connectivity index (χ0v) is 14.0. The number of benzene rings is 2. The molecular formula is C16H17N3O5S. The first-order chi connectivity index (χ1) is 11.9. The van der Waals surface area contributed by atoms with Gasteiger partial charge in [0.1, 0.15) is 5.69 Å². The third-order valence-corrected chi connectivity index (χ3v) is 5.36. The first-order valence-corrected chi connectivity index (χ1v) is 9.14. The molecule has 1 saturated heterocycles. The molecule has 1 aliphatic heterocycles. The molecule has 0 bridgehead atoms. The third-order valence-electron chi connectivity index (χ3n) is 3.98. The van der Waals surface area contributed by atoms with E-state index in [2.05, 4.69) is 4.72 Å². The van der Waals surface area contributed by atoms with Gasteiger partial charge in [-0.3, -0.25) is 14.8 Å². The molecule has 2 N–H and O–H groups in total. The molecule has 8 nitrogen and oxygen atoms in total. The van der Waals surface area contributed by atoms with Crippen molar-refractivity contribution in [1.29, 1.82) is 0 Å². The van der Waals surface area contributed by atoms with Crippen LogP contribution in [0, 0.1) is 10.1 Å². The maximum Gasteiger partial charge on any atom is 0.293 e. The van der Waals surface area contributed by atoms with Crippen LogP contribution in [-0.2, 0) is 10.0 Å². The summed E-state index contributed by atoms with van der Waals surface area (Å²) < 4.78 is 27.3. The maximum atomic E-state index is 12.5. The molecule has 1 aliphatic rings. The average Bonchev–Trinajstić information content (AvgIpc) is 3.01. The number of nitro benzene ring substituents is 1. The number of nitro groups is 1. The Morgan fingerprint density at radius 1 is 1.20 bits per heavy atom. The standard InChI is InChI=1S/C16H17N3O5S/c20-13-8-9-18(11-13)15-7-6-14(10-16(15)19(21)22)25(23,24)17-12-4-2-1-3-5-12/h1-7,10,13,17,20H,8-9,11H2/t13-/m0/s1. The van der Waals surface area contributed by atoms with Crippen LogP contribution >= 0.6 is 0 Å². The number of hydrogen-bond donors (Lipinski definition) is 2. The Kier molecular flexibility index (Phi) is 4.60. The molecule has 0 radical (unpaired) electrons. The number of nitrogens with one attached hydrogen (secondary N) is 1. The number of hydrogen-bond acceptors (Lipinski definition) is 6. The quantitative estimate of drug-likeness (QED) is 0.620. The minimum Gasteiger partial charge on any atom is -0.391 e. The summed E-state index contributed by atoms with van der Waals surface area (Å²) in [5.74, 6) is 0. The van der Waals surface area contributed by atoms with E-state index in [1.165, 1.54) is 12.1 Å². The highest BCUT2D eigenvalue weighted by Crippen LogP contribution is 2.33. The first-order valence-electron chi connectivity index (χ1n) is 7.66. The highest BCUT2D eigenvalue weighted by Gasteiger charge is 2.28. The summed E-state index contributed by atoms with van der Waals surface area (Å²) in [6.45, 7) is 0.769. The Morgan fingerprint density at radius 3 is 2.52 bits per heavy atom. The first kappa shape index (κ1) is 17.2. The summed E-state index contributed by atoms with van der Waals surface area (Å²) in [4.78, 5) is 12.3. The van der Waals surface area contributed by atoms with Crippen molar-refractivity contribution in [2.45, 2.75) is 17.4 Å². The van der Waals surface area contributed by atoms with Crippen molar-refractivity contribution in [3.63, 3.8) is 0 Å². The summed E-state index contributed by atoms with van der Waals surface area (Å²) in [5.41, 5.74) is 0.377. The lowest BCUT2D eigenvalue weighted by atomic mass is 10.2. The summed E-state index contributed by atoms with van der Waals surface area (Å²) in [6.07, 6.45) is -0.0185. The number of anilines is 2. The summed E-state index contributed by atoms with van der Waals surface area (Å²) in [6, 6.07) is 12.1. The number of nitrogens with zero attached hydrogens (tertiary/aromatic N) is 2. The molecule has 0 amide bonds. The van der Waals surface area contributed by atoms with E-state index in [1.54, 1.807) is 35.2 Å². The predicted octanol–water partition coefficient (Wildman–Crippen LogP) is 1.97. The molecule has 0 unspecified atom stereocenters. The van der Waals surface area contributed by atoms with Crippen molar-refractivity contribution in [2.75, 3.05) is 22.7 Å². The Balaban J connectivity index is 1.95. The van der Waals surface area contributed by atoms with Crippen LogP contribution in [0.2, 0.25) is 0 Å². The van der Waals surface area contributed by atoms with Gasteiger partial charge in [0.2, 0.25) is 0 Å². The topological polar surface area (TPSA) is 113 Å². The van der Waals surface area contributed by atoms with Crippen LogP contribution in [0.25, 0.3) is 0 Å². The molecule has 0 spiro atoms. The van der Waals surface area contributed by atoms with Crippen LogP contribution in [0.1, 0.15) is 6.42 Å². The molecule has 3 rings (SSSR count). The lowest BCUT2D eigenvalue weighted by Crippen LogP contribution is -2.22. The predicted molar refractivity (Wildman–Crippen MR) is 93.2 cm³/mol. The van der Waals surface area contributed by atoms with Gasteiger partial charge in [0.25, 0.3) is 15.7 Å². The Morgan fingerprint density at radius 2 is 1.92 bits per heavy atom. The fraction of sp³-hybridized carbons (Fsp3) is 0.250. The van der Waals surface area contributed by atoms with Gasteiger partial charge in [0.15, 0.2) is 0 Å². The summed E-state index contributed by atoms with van der Waals surface area (Å²) in [7, 11) is -3.94. The summed E-state index contributed by atoms with van der Waals surface area (Å²) in [5, 5.41) is 21.0. The SMILES string of the molecule is O=[N+]([O-])c1cc(S(=O)(=O)Nc2ccccc2)ccc1N1CC[C@H](O)C1. The molecule has 25 heavy (non-hydrogen) atoms. The highest BCUT2D eigenvalue weighted by molar-refractivity contribution is 7.92. The van der Waals surface area contributed by atoms with Crippen molar-refractivity contribution in [3.05, 3.63) is 58.6 Å². The number of sulfonamides is 1. The van der Waals surface area contributed by atoms with Gasteiger partial charge < -0.3 is 10.0 Å². The van der Waals surface area contributed by atoms with E-state index in [4.69, 9.17) is 0 Å². The monoisotopic (exact) mass is 363 g/mol. The molecule has 0 saturated carbocycles. The molecule has 1 heterocycles. The molecule has 2 aromatic rings. The maximum absolute atomic E-state index is 12.5. The van der Waals surface area contributed by atoms with Crippen LogP contribution < -0.4 is 9.62 Å². The molecule has 1 fully saturated rings. The van der Waals surface area contributed by atoms with Crippen LogP contribution in [0.15, 0.2) is 53.4 Å². The Hall–Kier alpha value is -2.65. The van der Waals surface area contributed by atoms with E-state index in [1.807, 2.05) is 0 Å². The van der Waals surface area contributed by atoms with E-state index in [-0.39, 0.29) is 17.1 Å². The second-order valence-corrected chi connectivity index (χ2v) is 7.45. The Labute approximate surface area is 144 Å². The summed E-state index contributed by atoms with van der Waals surface area (Å²) >= 11 is 0. The fourth-order valence-electron chi connectivity index (χ4n) is 2.76.